The Morgan fingerprint density at radius 1 is 0.923 bits per heavy atom. The van der Waals surface area contributed by atoms with Gasteiger partial charge in [0.1, 0.15) is 0 Å². The minimum atomic E-state index is -0.112. The summed E-state index contributed by atoms with van der Waals surface area (Å²) in [5.41, 5.74) is 3.53. The van der Waals surface area contributed by atoms with E-state index in [0.29, 0.717) is 13.0 Å². The molecule has 3 N–H and O–H groups in total. The molecule has 0 radical (unpaired) electrons. The molecule has 0 atom stereocenters. The Morgan fingerprint density at radius 3 is 2.31 bits per heavy atom. The Morgan fingerprint density at radius 2 is 1.62 bits per heavy atom. The molecule has 0 saturated carbocycles. The fourth-order valence-corrected chi connectivity index (χ4v) is 2.69. The van der Waals surface area contributed by atoms with Gasteiger partial charge in [-0.15, -0.1) is 0 Å². The van der Waals surface area contributed by atoms with Gasteiger partial charge in [0.25, 0.3) is 0 Å². The third-order valence-electron chi connectivity index (χ3n) is 3.87. The van der Waals surface area contributed by atoms with Gasteiger partial charge in [-0.1, -0.05) is 45.0 Å². The Hall–Kier alpha value is -2.82. The molecule has 0 fully saturated rings. The Balaban J connectivity index is 1.90. The highest BCUT2D eigenvalue weighted by atomic mass is 16.2. The molecule has 0 bridgehead atoms. The summed E-state index contributed by atoms with van der Waals surface area (Å²) < 4.78 is 0. The zero-order chi connectivity index (χ0) is 19.2. The Labute approximate surface area is 155 Å². The Bertz CT molecular complexity index is 779. The minimum Gasteiger partial charge on any atom is -0.384 e. The standard InChI is InChI=1S/C21H27N3O2/c1-15(25)23-17-9-7-8-16(14-17)22-13-12-20(26)24-19-11-6-5-10-18(19)21(2,3)4/h5-11,14,22H,12-13H2,1-4H3,(H,23,25)(H,24,26). The molecule has 0 heterocycles. The van der Waals surface area contributed by atoms with E-state index < -0.39 is 0 Å². The molecule has 2 amide bonds. The third kappa shape index (κ3) is 5.92. The normalized spacial score (nSPS) is 10.9. The van der Waals surface area contributed by atoms with Crippen molar-refractivity contribution in [1.82, 2.24) is 0 Å². The van der Waals surface area contributed by atoms with Gasteiger partial charge in [0.05, 0.1) is 0 Å². The maximum Gasteiger partial charge on any atom is 0.226 e. The average Bonchev–Trinajstić information content (AvgIpc) is 2.54. The number of anilines is 3. The van der Waals surface area contributed by atoms with Crippen molar-refractivity contribution < 1.29 is 9.59 Å². The lowest BCUT2D eigenvalue weighted by Gasteiger charge is -2.23. The van der Waals surface area contributed by atoms with Gasteiger partial charge in [0.2, 0.25) is 11.8 Å². The van der Waals surface area contributed by atoms with E-state index in [9.17, 15) is 9.59 Å². The summed E-state index contributed by atoms with van der Waals surface area (Å²) in [6.07, 6.45) is 0.350. The van der Waals surface area contributed by atoms with E-state index in [-0.39, 0.29) is 17.2 Å². The second-order valence-electron chi connectivity index (χ2n) is 7.28. The lowest BCUT2D eigenvalue weighted by molar-refractivity contribution is -0.116. The van der Waals surface area contributed by atoms with E-state index in [4.69, 9.17) is 0 Å². The van der Waals surface area contributed by atoms with Crippen molar-refractivity contribution in [3.8, 4) is 0 Å². The van der Waals surface area contributed by atoms with Crippen LogP contribution in [0.15, 0.2) is 48.5 Å². The zero-order valence-electron chi connectivity index (χ0n) is 15.8. The molecule has 138 valence electrons. The number of hydrogen-bond acceptors (Lipinski definition) is 3. The lowest BCUT2D eigenvalue weighted by atomic mass is 9.86. The third-order valence-corrected chi connectivity index (χ3v) is 3.87. The van der Waals surface area contributed by atoms with Crippen molar-refractivity contribution in [3.63, 3.8) is 0 Å². The summed E-state index contributed by atoms with van der Waals surface area (Å²) in [4.78, 5) is 23.4. The maximum atomic E-state index is 12.3. The van der Waals surface area contributed by atoms with Gasteiger partial charge < -0.3 is 16.0 Å². The maximum absolute atomic E-state index is 12.3. The molecule has 0 aliphatic carbocycles. The summed E-state index contributed by atoms with van der Waals surface area (Å²) in [6, 6.07) is 15.3. The Kier molecular flexibility index (Phi) is 6.39. The van der Waals surface area contributed by atoms with E-state index in [1.54, 1.807) is 0 Å². The fourth-order valence-electron chi connectivity index (χ4n) is 2.69. The van der Waals surface area contributed by atoms with Crippen LogP contribution in [0.3, 0.4) is 0 Å². The number of hydrogen-bond donors (Lipinski definition) is 3. The van der Waals surface area contributed by atoms with E-state index >= 15 is 0 Å². The van der Waals surface area contributed by atoms with Gasteiger partial charge in [0.15, 0.2) is 0 Å². The summed E-state index contributed by atoms with van der Waals surface area (Å²) in [5.74, 6) is -0.147. The van der Waals surface area contributed by atoms with Crippen LogP contribution in [0.1, 0.15) is 39.7 Å². The van der Waals surface area contributed by atoms with Crippen LogP contribution in [0.2, 0.25) is 0 Å². The first kappa shape index (κ1) is 19.5. The van der Waals surface area contributed by atoms with Crippen LogP contribution in [0.4, 0.5) is 17.1 Å². The summed E-state index contributed by atoms with van der Waals surface area (Å²) in [7, 11) is 0. The molecule has 0 spiro atoms. The second kappa shape index (κ2) is 8.52. The van der Waals surface area contributed by atoms with Crippen molar-refractivity contribution >= 4 is 28.9 Å². The molecular weight excluding hydrogens is 326 g/mol. The van der Waals surface area contributed by atoms with Crippen LogP contribution in [0.25, 0.3) is 0 Å². The molecule has 0 aromatic heterocycles. The number of carbonyl (C=O) groups excluding carboxylic acids is 2. The number of benzene rings is 2. The minimum absolute atomic E-state index is 0.0350. The molecular formula is C21H27N3O2. The van der Waals surface area contributed by atoms with Gasteiger partial charge in [-0.3, -0.25) is 9.59 Å². The first-order valence-corrected chi connectivity index (χ1v) is 8.76. The number of rotatable bonds is 6. The quantitative estimate of drug-likeness (QED) is 0.721. The highest BCUT2D eigenvalue weighted by molar-refractivity contribution is 5.92. The summed E-state index contributed by atoms with van der Waals surface area (Å²) in [5, 5.41) is 8.95. The lowest BCUT2D eigenvalue weighted by Crippen LogP contribution is -2.20. The van der Waals surface area contributed by atoms with Crippen LogP contribution >= 0.6 is 0 Å². The molecule has 2 aromatic rings. The largest absolute Gasteiger partial charge is 0.384 e. The second-order valence-corrected chi connectivity index (χ2v) is 7.28. The fraction of sp³-hybridized carbons (Fsp3) is 0.333. The number of carbonyl (C=O) groups is 2. The number of para-hydroxylation sites is 1. The summed E-state index contributed by atoms with van der Waals surface area (Å²) >= 11 is 0. The van der Waals surface area contributed by atoms with Crippen LogP contribution in [0, 0.1) is 0 Å². The molecule has 5 heteroatoms. The van der Waals surface area contributed by atoms with Gasteiger partial charge in [0, 0.05) is 37.0 Å². The molecule has 0 saturated heterocycles. The van der Waals surface area contributed by atoms with Crippen molar-refractivity contribution in [1.29, 1.82) is 0 Å². The molecule has 0 aliphatic rings. The van der Waals surface area contributed by atoms with Crippen molar-refractivity contribution in [3.05, 3.63) is 54.1 Å². The molecule has 0 unspecified atom stereocenters. The van der Waals surface area contributed by atoms with Crippen molar-refractivity contribution in [2.75, 3.05) is 22.5 Å². The van der Waals surface area contributed by atoms with Crippen molar-refractivity contribution in [2.24, 2.45) is 0 Å². The van der Waals surface area contributed by atoms with Gasteiger partial charge >= 0.3 is 0 Å². The topological polar surface area (TPSA) is 70.2 Å². The van der Waals surface area contributed by atoms with Crippen LogP contribution in [-0.2, 0) is 15.0 Å². The smallest absolute Gasteiger partial charge is 0.226 e. The van der Waals surface area contributed by atoms with E-state index in [2.05, 4.69) is 36.7 Å². The molecule has 26 heavy (non-hydrogen) atoms. The van der Waals surface area contributed by atoms with E-state index in [1.807, 2.05) is 48.5 Å². The SMILES string of the molecule is CC(=O)Nc1cccc(NCCC(=O)Nc2ccccc2C(C)(C)C)c1. The monoisotopic (exact) mass is 353 g/mol. The van der Waals surface area contributed by atoms with Gasteiger partial charge in [-0.05, 0) is 35.2 Å². The molecule has 2 rings (SSSR count). The highest BCUT2D eigenvalue weighted by Crippen LogP contribution is 2.29. The molecule has 5 nitrogen and oxygen atoms in total. The van der Waals surface area contributed by atoms with Crippen molar-refractivity contribution in [2.45, 2.75) is 39.5 Å². The van der Waals surface area contributed by atoms with E-state index in [1.165, 1.54) is 6.92 Å². The zero-order valence-corrected chi connectivity index (χ0v) is 15.8. The first-order chi connectivity index (χ1) is 12.3. The highest BCUT2D eigenvalue weighted by Gasteiger charge is 2.18. The number of amides is 2. The predicted octanol–water partition coefficient (Wildman–Crippen LogP) is 4.38. The van der Waals surface area contributed by atoms with Crippen LogP contribution < -0.4 is 16.0 Å². The first-order valence-electron chi connectivity index (χ1n) is 8.76. The van der Waals surface area contributed by atoms with Crippen LogP contribution in [0.5, 0.6) is 0 Å². The summed E-state index contributed by atoms with van der Waals surface area (Å²) in [6.45, 7) is 8.36. The molecule has 0 aliphatic heterocycles. The van der Waals surface area contributed by atoms with Crippen LogP contribution in [-0.4, -0.2) is 18.4 Å². The molecule has 2 aromatic carbocycles. The predicted molar refractivity (Wildman–Crippen MR) is 108 cm³/mol. The number of nitrogens with one attached hydrogen (secondary N) is 3. The van der Waals surface area contributed by atoms with Gasteiger partial charge in [-0.25, -0.2) is 0 Å². The average molecular weight is 353 g/mol. The van der Waals surface area contributed by atoms with E-state index in [0.717, 1.165) is 22.6 Å². The van der Waals surface area contributed by atoms with Gasteiger partial charge in [-0.2, -0.15) is 0 Å².